The number of rotatable bonds is 7. The first-order chi connectivity index (χ1) is 12.5. The summed E-state index contributed by atoms with van der Waals surface area (Å²) in [4.78, 5) is 37.1. The highest BCUT2D eigenvalue weighted by atomic mass is 19.1. The van der Waals surface area contributed by atoms with Crippen molar-refractivity contribution in [2.75, 3.05) is 14.2 Å². The van der Waals surface area contributed by atoms with Gasteiger partial charge in [-0.2, -0.15) is 0 Å². The molecule has 2 aromatic rings. The largest absolute Gasteiger partial charge is 0.468 e. The predicted molar refractivity (Wildman–Crippen MR) is 92.1 cm³/mol. The Morgan fingerprint density at radius 1 is 0.885 bits per heavy atom. The number of ether oxygens (including phenoxy) is 2. The average Bonchev–Trinajstić information content (AvgIpc) is 2.68. The van der Waals surface area contributed by atoms with Gasteiger partial charge < -0.3 is 9.47 Å². The first-order valence-electron chi connectivity index (χ1n) is 7.97. The molecule has 6 heteroatoms. The molecule has 0 aromatic heterocycles. The van der Waals surface area contributed by atoms with Gasteiger partial charge in [0.25, 0.3) is 0 Å². The van der Waals surface area contributed by atoms with Crippen molar-refractivity contribution in [3.8, 4) is 0 Å². The SMILES string of the molecule is COC(=O)C(C(=O)OC)C(CC(=O)c1ccccc1)c1ccc(F)cc1. The maximum absolute atomic E-state index is 13.3. The van der Waals surface area contributed by atoms with E-state index < -0.39 is 29.6 Å². The van der Waals surface area contributed by atoms with Crippen LogP contribution in [0.1, 0.15) is 28.3 Å². The van der Waals surface area contributed by atoms with Gasteiger partial charge in [-0.1, -0.05) is 42.5 Å². The highest BCUT2D eigenvalue weighted by molar-refractivity contribution is 6.00. The lowest BCUT2D eigenvalue weighted by Crippen LogP contribution is -2.33. The van der Waals surface area contributed by atoms with Gasteiger partial charge in [-0.15, -0.1) is 0 Å². The Bertz CT molecular complexity index is 755. The molecule has 0 saturated heterocycles. The first-order valence-corrected chi connectivity index (χ1v) is 7.97. The van der Waals surface area contributed by atoms with E-state index in [4.69, 9.17) is 9.47 Å². The number of methoxy groups -OCH3 is 2. The van der Waals surface area contributed by atoms with Gasteiger partial charge in [-0.05, 0) is 17.7 Å². The van der Waals surface area contributed by atoms with Crippen LogP contribution in [0.2, 0.25) is 0 Å². The molecule has 5 nitrogen and oxygen atoms in total. The smallest absolute Gasteiger partial charge is 0.320 e. The molecule has 2 aromatic carbocycles. The number of benzene rings is 2. The number of carbonyl (C=O) groups is 3. The van der Waals surface area contributed by atoms with Crippen LogP contribution in [0.15, 0.2) is 54.6 Å². The van der Waals surface area contributed by atoms with E-state index in [1.54, 1.807) is 30.3 Å². The van der Waals surface area contributed by atoms with Gasteiger partial charge in [0.05, 0.1) is 14.2 Å². The van der Waals surface area contributed by atoms with Crippen LogP contribution in [-0.4, -0.2) is 31.9 Å². The molecule has 0 aliphatic rings. The van der Waals surface area contributed by atoms with E-state index in [-0.39, 0.29) is 12.2 Å². The third kappa shape index (κ3) is 4.53. The van der Waals surface area contributed by atoms with Crippen LogP contribution in [0.3, 0.4) is 0 Å². The molecular weight excluding hydrogens is 339 g/mol. The van der Waals surface area contributed by atoms with Crippen LogP contribution in [0, 0.1) is 11.7 Å². The zero-order valence-corrected chi connectivity index (χ0v) is 14.5. The zero-order chi connectivity index (χ0) is 19.1. The topological polar surface area (TPSA) is 69.7 Å². The monoisotopic (exact) mass is 358 g/mol. The number of ketones is 1. The lowest BCUT2D eigenvalue weighted by molar-refractivity contribution is -0.159. The Labute approximate surface area is 150 Å². The zero-order valence-electron chi connectivity index (χ0n) is 14.5. The minimum atomic E-state index is -1.33. The number of hydrogen-bond donors (Lipinski definition) is 0. The molecule has 0 fully saturated rings. The third-order valence-electron chi connectivity index (χ3n) is 4.11. The van der Waals surface area contributed by atoms with Gasteiger partial charge in [0.1, 0.15) is 5.82 Å². The first kappa shape index (κ1) is 19.3. The fraction of sp³-hybridized carbons (Fsp3) is 0.250. The van der Waals surface area contributed by atoms with Crippen LogP contribution in [-0.2, 0) is 19.1 Å². The van der Waals surface area contributed by atoms with E-state index in [2.05, 4.69) is 0 Å². The maximum atomic E-state index is 13.3. The molecule has 0 spiro atoms. The van der Waals surface area contributed by atoms with Crippen LogP contribution >= 0.6 is 0 Å². The number of esters is 2. The van der Waals surface area contributed by atoms with E-state index in [1.165, 1.54) is 24.3 Å². The second-order valence-corrected chi connectivity index (χ2v) is 5.68. The van der Waals surface area contributed by atoms with Crippen molar-refractivity contribution in [3.05, 3.63) is 71.5 Å². The van der Waals surface area contributed by atoms with Gasteiger partial charge in [0, 0.05) is 17.9 Å². The predicted octanol–water partition coefficient (Wildman–Crippen LogP) is 3.14. The Morgan fingerprint density at radius 2 is 1.42 bits per heavy atom. The fourth-order valence-electron chi connectivity index (χ4n) is 2.76. The molecule has 2 rings (SSSR count). The summed E-state index contributed by atoms with van der Waals surface area (Å²) >= 11 is 0. The van der Waals surface area contributed by atoms with Gasteiger partial charge in [0.2, 0.25) is 0 Å². The Balaban J connectivity index is 2.43. The third-order valence-corrected chi connectivity index (χ3v) is 4.11. The summed E-state index contributed by atoms with van der Waals surface area (Å²) in [5, 5.41) is 0. The van der Waals surface area contributed by atoms with E-state index >= 15 is 0 Å². The lowest BCUT2D eigenvalue weighted by atomic mass is 9.81. The number of halogens is 1. The van der Waals surface area contributed by atoms with E-state index in [9.17, 15) is 18.8 Å². The Kier molecular flexibility index (Phi) is 6.60. The van der Waals surface area contributed by atoms with Crippen LogP contribution in [0.4, 0.5) is 4.39 Å². The molecule has 0 saturated carbocycles. The van der Waals surface area contributed by atoms with Gasteiger partial charge in [0.15, 0.2) is 11.7 Å². The van der Waals surface area contributed by atoms with Crippen molar-refractivity contribution in [1.29, 1.82) is 0 Å². The molecule has 0 bridgehead atoms. The molecule has 0 amide bonds. The molecule has 0 N–H and O–H groups in total. The van der Waals surface area contributed by atoms with E-state index in [0.717, 1.165) is 14.2 Å². The van der Waals surface area contributed by atoms with Crippen molar-refractivity contribution in [3.63, 3.8) is 0 Å². The van der Waals surface area contributed by atoms with Crippen molar-refractivity contribution in [1.82, 2.24) is 0 Å². The number of hydrogen-bond acceptors (Lipinski definition) is 5. The molecule has 26 heavy (non-hydrogen) atoms. The highest BCUT2D eigenvalue weighted by Crippen LogP contribution is 2.32. The second-order valence-electron chi connectivity index (χ2n) is 5.68. The molecule has 0 aliphatic heterocycles. The summed E-state index contributed by atoms with van der Waals surface area (Å²) in [5.41, 5.74) is 0.921. The molecule has 0 heterocycles. The average molecular weight is 358 g/mol. The molecular formula is C20H19FO5. The van der Waals surface area contributed by atoms with Crippen molar-refractivity contribution in [2.45, 2.75) is 12.3 Å². The van der Waals surface area contributed by atoms with E-state index in [1.807, 2.05) is 0 Å². The fourth-order valence-corrected chi connectivity index (χ4v) is 2.76. The lowest BCUT2D eigenvalue weighted by Gasteiger charge is -2.23. The highest BCUT2D eigenvalue weighted by Gasteiger charge is 2.39. The van der Waals surface area contributed by atoms with Gasteiger partial charge >= 0.3 is 11.9 Å². The maximum Gasteiger partial charge on any atom is 0.320 e. The van der Waals surface area contributed by atoms with Crippen LogP contribution in [0.5, 0.6) is 0 Å². The Morgan fingerprint density at radius 3 is 1.92 bits per heavy atom. The van der Waals surface area contributed by atoms with Crippen LogP contribution < -0.4 is 0 Å². The molecule has 136 valence electrons. The van der Waals surface area contributed by atoms with Crippen molar-refractivity contribution < 1.29 is 28.2 Å². The molecule has 1 atom stereocenters. The van der Waals surface area contributed by atoms with Gasteiger partial charge in [-0.3, -0.25) is 14.4 Å². The van der Waals surface area contributed by atoms with Gasteiger partial charge in [-0.25, -0.2) is 4.39 Å². The number of Topliss-reactive ketones (excluding diaryl/α,β-unsaturated/α-hetero) is 1. The normalized spacial score (nSPS) is 11.7. The van der Waals surface area contributed by atoms with Crippen molar-refractivity contribution >= 4 is 17.7 Å². The van der Waals surface area contributed by atoms with E-state index in [0.29, 0.717) is 11.1 Å². The minimum Gasteiger partial charge on any atom is -0.468 e. The number of carbonyl (C=O) groups excluding carboxylic acids is 3. The summed E-state index contributed by atoms with van der Waals surface area (Å²) in [5.74, 6) is -4.52. The van der Waals surface area contributed by atoms with Crippen LogP contribution in [0.25, 0.3) is 0 Å². The Hall–Kier alpha value is -3.02. The summed E-state index contributed by atoms with van der Waals surface area (Å²) in [6, 6.07) is 13.8. The second kappa shape index (κ2) is 8.89. The molecule has 0 radical (unpaired) electrons. The minimum absolute atomic E-state index is 0.134. The summed E-state index contributed by atoms with van der Waals surface area (Å²) in [6.07, 6.45) is -0.134. The van der Waals surface area contributed by atoms with Crippen molar-refractivity contribution in [2.24, 2.45) is 5.92 Å². The standard InChI is InChI=1S/C20H19FO5/c1-25-19(23)18(20(24)26-2)16(13-8-10-15(21)11-9-13)12-17(22)14-6-4-3-5-7-14/h3-11,16,18H,12H2,1-2H3. The molecule has 1 unspecified atom stereocenters. The summed E-state index contributed by atoms with van der Waals surface area (Å²) < 4.78 is 22.7. The quantitative estimate of drug-likeness (QED) is 0.432. The molecule has 0 aliphatic carbocycles. The summed E-state index contributed by atoms with van der Waals surface area (Å²) in [6.45, 7) is 0. The summed E-state index contributed by atoms with van der Waals surface area (Å²) in [7, 11) is 2.30.